The molecule has 0 fully saturated rings. The summed E-state index contributed by atoms with van der Waals surface area (Å²) in [6, 6.07) is 10.3. The van der Waals surface area contributed by atoms with E-state index in [0.717, 1.165) is 17.9 Å². The molecule has 23 heavy (non-hydrogen) atoms. The van der Waals surface area contributed by atoms with E-state index in [1.807, 2.05) is 24.3 Å². The monoisotopic (exact) mass is 314 g/mol. The highest BCUT2D eigenvalue weighted by atomic mass is 16.5. The number of methoxy groups -OCH3 is 1. The number of aromatic hydroxyl groups is 1. The van der Waals surface area contributed by atoms with Crippen LogP contribution in [0.4, 0.5) is 0 Å². The second kappa shape index (κ2) is 5.73. The number of hydrogen-bond acceptors (Lipinski definition) is 6. The normalized spacial score (nSPS) is 12.4. The number of ether oxygens (including phenoxy) is 1. The third-order valence-electron chi connectivity index (χ3n) is 3.68. The number of aliphatic hydroxyl groups excluding tert-OH is 1. The molecule has 0 aliphatic carbocycles. The maximum absolute atomic E-state index is 12.0. The van der Waals surface area contributed by atoms with Gasteiger partial charge in [0.25, 0.3) is 0 Å². The van der Waals surface area contributed by atoms with Crippen LogP contribution in [0, 0.1) is 0 Å². The smallest absolute Gasteiger partial charge is 0.339 e. The third kappa shape index (κ3) is 2.64. The van der Waals surface area contributed by atoms with Crippen molar-refractivity contribution in [3.8, 4) is 5.75 Å². The van der Waals surface area contributed by atoms with Crippen LogP contribution < -0.4 is 5.63 Å². The first-order valence-electron chi connectivity index (χ1n) is 6.94. The molecule has 1 heterocycles. The minimum Gasteiger partial charge on any atom is -0.504 e. The molecular weight excluding hydrogens is 300 g/mol. The van der Waals surface area contributed by atoms with Crippen molar-refractivity contribution in [2.45, 2.75) is 12.5 Å². The Balaban J connectivity index is 2.21. The summed E-state index contributed by atoms with van der Waals surface area (Å²) in [7, 11) is 1.15. The van der Waals surface area contributed by atoms with Gasteiger partial charge in [0.1, 0.15) is 0 Å². The molecule has 0 aliphatic heterocycles. The summed E-state index contributed by atoms with van der Waals surface area (Å²) < 4.78 is 9.62. The Morgan fingerprint density at radius 2 is 2.00 bits per heavy atom. The minimum atomic E-state index is -1.45. The standard InChI is InChI=1S/C17H14O6/c1-22-17(21)14(19)8-10-6-12-11-5-3-2-4-9(11)7-13(18)15(12)23-16(10)20/h2-7,14,18-19H,8H2,1H3. The molecule has 2 N–H and O–H groups in total. The maximum atomic E-state index is 12.0. The molecule has 0 aliphatic rings. The highest BCUT2D eigenvalue weighted by Gasteiger charge is 2.20. The average Bonchev–Trinajstić information content (AvgIpc) is 2.55. The van der Waals surface area contributed by atoms with Gasteiger partial charge in [-0.15, -0.1) is 0 Å². The van der Waals surface area contributed by atoms with Crippen molar-refractivity contribution in [2.75, 3.05) is 7.11 Å². The molecule has 0 amide bonds. The lowest BCUT2D eigenvalue weighted by atomic mass is 10.0. The van der Waals surface area contributed by atoms with E-state index in [4.69, 9.17) is 4.42 Å². The van der Waals surface area contributed by atoms with Gasteiger partial charge in [-0.2, -0.15) is 0 Å². The zero-order chi connectivity index (χ0) is 16.6. The van der Waals surface area contributed by atoms with Crippen molar-refractivity contribution in [2.24, 2.45) is 0 Å². The predicted octanol–water partition coefficient (Wildman–Crippen LogP) is 1.73. The zero-order valence-electron chi connectivity index (χ0n) is 12.3. The molecule has 0 radical (unpaired) electrons. The van der Waals surface area contributed by atoms with E-state index >= 15 is 0 Å². The van der Waals surface area contributed by atoms with Crippen molar-refractivity contribution < 1.29 is 24.2 Å². The molecule has 2 aromatic carbocycles. The fraction of sp³-hybridized carbons (Fsp3) is 0.176. The van der Waals surface area contributed by atoms with Gasteiger partial charge in [0.15, 0.2) is 17.4 Å². The first-order valence-corrected chi connectivity index (χ1v) is 6.94. The molecule has 1 atom stereocenters. The fourth-order valence-electron chi connectivity index (χ4n) is 2.55. The minimum absolute atomic E-state index is 0.0741. The number of fused-ring (bicyclic) bond motifs is 3. The molecule has 1 unspecified atom stereocenters. The zero-order valence-corrected chi connectivity index (χ0v) is 12.3. The van der Waals surface area contributed by atoms with E-state index in [2.05, 4.69) is 4.74 Å². The number of phenols is 1. The lowest BCUT2D eigenvalue weighted by molar-refractivity contribution is -0.150. The number of aliphatic hydroxyl groups is 1. The Labute approximate surface area is 130 Å². The van der Waals surface area contributed by atoms with Crippen LogP contribution in [0.15, 0.2) is 45.6 Å². The van der Waals surface area contributed by atoms with E-state index in [1.54, 1.807) is 0 Å². The largest absolute Gasteiger partial charge is 0.504 e. The Hall–Kier alpha value is -2.86. The second-order valence-electron chi connectivity index (χ2n) is 5.16. The summed E-state index contributed by atoms with van der Waals surface area (Å²) in [6.07, 6.45) is -1.68. The first-order chi connectivity index (χ1) is 11.0. The van der Waals surface area contributed by atoms with Crippen LogP contribution in [0.3, 0.4) is 0 Å². The second-order valence-corrected chi connectivity index (χ2v) is 5.16. The highest BCUT2D eigenvalue weighted by molar-refractivity contribution is 6.08. The number of carbonyl (C=O) groups is 1. The number of benzene rings is 2. The molecule has 0 bridgehead atoms. The van der Waals surface area contributed by atoms with Crippen LogP contribution >= 0.6 is 0 Å². The summed E-state index contributed by atoms with van der Waals surface area (Å²) in [5.41, 5.74) is -0.512. The van der Waals surface area contributed by atoms with Gasteiger partial charge in [-0.1, -0.05) is 24.3 Å². The summed E-state index contributed by atoms with van der Waals surface area (Å²) in [5.74, 6) is -0.971. The molecule has 118 valence electrons. The number of esters is 1. The van der Waals surface area contributed by atoms with E-state index in [9.17, 15) is 19.8 Å². The number of hydrogen-bond donors (Lipinski definition) is 2. The van der Waals surface area contributed by atoms with E-state index in [-0.39, 0.29) is 23.3 Å². The highest BCUT2D eigenvalue weighted by Crippen LogP contribution is 2.32. The van der Waals surface area contributed by atoms with Crippen molar-refractivity contribution in [1.82, 2.24) is 0 Å². The van der Waals surface area contributed by atoms with Crippen molar-refractivity contribution in [3.63, 3.8) is 0 Å². The van der Waals surface area contributed by atoms with Crippen LogP contribution in [-0.4, -0.2) is 29.4 Å². The molecule has 0 saturated heterocycles. The van der Waals surface area contributed by atoms with Crippen molar-refractivity contribution in [1.29, 1.82) is 0 Å². The van der Waals surface area contributed by atoms with Crippen LogP contribution in [0.5, 0.6) is 5.75 Å². The van der Waals surface area contributed by atoms with E-state index in [0.29, 0.717) is 5.39 Å². The van der Waals surface area contributed by atoms with Crippen LogP contribution in [0.2, 0.25) is 0 Å². The van der Waals surface area contributed by atoms with Gasteiger partial charge in [0, 0.05) is 17.4 Å². The van der Waals surface area contributed by atoms with Gasteiger partial charge < -0.3 is 19.4 Å². The fourth-order valence-corrected chi connectivity index (χ4v) is 2.55. The molecule has 6 nitrogen and oxygen atoms in total. The summed E-state index contributed by atoms with van der Waals surface area (Å²) in [4.78, 5) is 23.3. The Morgan fingerprint density at radius 1 is 1.26 bits per heavy atom. The molecule has 1 aromatic heterocycles. The van der Waals surface area contributed by atoms with Gasteiger partial charge in [0.05, 0.1) is 7.11 Å². The Kier molecular flexibility index (Phi) is 3.75. The number of phenolic OH excluding ortho intramolecular Hbond substituents is 1. The average molecular weight is 314 g/mol. The SMILES string of the molecule is COC(=O)C(O)Cc1cc2c(oc1=O)c(O)cc1ccccc12. The quantitative estimate of drug-likeness (QED) is 0.434. The van der Waals surface area contributed by atoms with Gasteiger partial charge in [-0.25, -0.2) is 9.59 Å². The summed E-state index contributed by atoms with van der Waals surface area (Å²) >= 11 is 0. The molecule has 0 spiro atoms. The molecule has 3 aromatic rings. The van der Waals surface area contributed by atoms with Crippen LogP contribution in [-0.2, 0) is 16.0 Å². The lowest BCUT2D eigenvalue weighted by Crippen LogP contribution is -2.26. The van der Waals surface area contributed by atoms with Gasteiger partial charge >= 0.3 is 11.6 Å². The lowest BCUT2D eigenvalue weighted by Gasteiger charge is -2.09. The van der Waals surface area contributed by atoms with E-state index < -0.39 is 17.7 Å². The molecule has 6 heteroatoms. The molecule has 0 saturated carbocycles. The number of rotatable bonds is 3. The Morgan fingerprint density at radius 3 is 2.74 bits per heavy atom. The van der Waals surface area contributed by atoms with Crippen molar-refractivity contribution in [3.05, 3.63) is 52.4 Å². The number of carbonyl (C=O) groups excluding carboxylic acids is 1. The first kappa shape index (κ1) is 15.1. The summed E-state index contributed by atoms with van der Waals surface area (Å²) in [5, 5.41) is 21.9. The van der Waals surface area contributed by atoms with Crippen molar-refractivity contribution >= 4 is 27.7 Å². The van der Waals surface area contributed by atoms with Gasteiger partial charge in [0.2, 0.25) is 0 Å². The topological polar surface area (TPSA) is 97.0 Å². The summed E-state index contributed by atoms with van der Waals surface area (Å²) in [6.45, 7) is 0. The molecule has 3 rings (SSSR count). The third-order valence-corrected chi connectivity index (χ3v) is 3.68. The van der Waals surface area contributed by atoms with Crippen LogP contribution in [0.25, 0.3) is 21.7 Å². The maximum Gasteiger partial charge on any atom is 0.339 e. The Bertz CT molecular complexity index is 956. The van der Waals surface area contributed by atoms with E-state index in [1.165, 1.54) is 12.1 Å². The van der Waals surface area contributed by atoms with Gasteiger partial charge in [-0.05, 0) is 22.9 Å². The van der Waals surface area contributed by atoms with Gasteiger partial charge in [-0.3, -0.25) is 0 Å². The predicted molar refractivity (Wildman–Crippen MR) is 83.4 cm³/mol. The van der Waals surface area contributed by atoms with Crippen LogP contribution in [0.1, 0.15) is 5.56 Å². The molecular formula is C17H14O6.